The average Bonchev–Trinajstić information content (AvgIpc) is 2.77. The normalized spacial score (nSPS) is 11.4. The summed E-state index contributed by atoms with van der Waals surface area (Å²) >= 11 is 0. The number of nitrogens with one attached hydrogen (secondary N) is 1. The summed E-state index contributed by atoms with van der Waals surface area (Å²) in [5.41, 5.74) is 1.33. The Morgan fingerprint density at radius 3 is 1.91 bits per heavy atom. The van der Waals surface area contributed by atoms with Gasteiger partial charge in [-0.05, 0) is 86.7 Å². The minimum Gasteiger partial charge on any atom is -0.494 e. The van der Waals surface area contributed by atoms with Gasteiger partial charge in [-0.25, -0.2) is 0 Å². The molecule has 4 nitrogen and oxygen atoms in total. The lowest BCUT2D eigenvalue weighted by molar-refractivity contribution is -0.137. The minimum absolute atomic E-state index is 0.350. The molecule has 0 saturated heterocycles. The van der Waals surface area contributed by atoms with E-state index in [1.165, 1.54) is 12.1 Å². The molecule has 0 saturated carbocycles. The van der Waals surface area contributed by atoms with E-state index in [-0.39, 0.29) is 0 Å². The maximum atomic E-state index is 12.6. The Morgan fingerprint density at radius 1 is 0.781 bits per heavy atom. The van der Waals surface area contributed by atoms with Crippen LogP contribution in [-0.2, 0) is 12.7 Å². The van der Waals surface area contributed by atoms with Gasteiger partial charge in [-0.3, -0.25) is 0 Å². The zero-order valence-corrected chi connectivity index (χ0v) is 18.2. The van der Waals surface area contributed by atoms with Gasteiger partial charge in [0.25, 0.3) is 0 Å². The van der Waals surface area contributed by atoms with E-state index in [2.05, 4.69) is 10.2 Å². The third-order valence-electron chi connectivity index (χ3n) is 4.71. The standard InChI is InChI=1S/C25H27F3N2O2/c1-30(2)16-3-17-31-22-10-4-19(5-11-22)18-29-21-8-14-24(15-9-21)32-23-12-6-20(7-13-23)25(26,27)28/h4-15,29H,3,16-18H2,1-2H3. The van der Waals surface area contributed by atoms with E-state index in [0.717, 1.165) is 42.1 Å². The molecule has 0 spiro atoms. The minimum atomic E-state index is -4.36. The van der Waals surface area contributed by atoms with Crippen LogP contribution >= 0.6 is 0 Å². The van der Waals surface area contributed by atoms with Crippen molar-refractivity contribution in [3.63, 3.8) is 0 Å². The van der Waals surface area contributed by atoms with E-state index in [0.29, 0.717) is 24.7 Å². The maximum Gasteiger partial charge on any atom is 0.416 e. The first-order valence-electron chi connectivity index (χ1n) is 10.3. The summed E-state index contributed by atoms with van der Waals surface area (Å²) in [6.45, 7) is 2.34. The summed E-state index contributed by atoms with van der Waals surface area (Å²) in [6, 6.07) is 19.9. The summed E-state index contributed by atoms with van der Waals surface area (Å²) in [5, 5.41) is 3.33. The second-order valence-electron chi connectivity index (χ2n) is 7.65. The summed E-state index contributed by atoms with van der Waals surface area (Å²) in [7, 11) is 4.09. The monoisotopic (exact) mass is 444 g/mol. The van der Waals surface area contributed by atoms with Crippen LogP contribution in [0.15, 0.2) is 72.8 Å². The number of hydrogen-bond donors (Lipinski definition) is 1. The molecule has 1 N–H and O–H groups in total. The second-order valence-corrected chi connectivity index (χ2v) is 7.65. The molecule has 32 heavy (non-hydrogen) atoms. The van der Waals surface area contributed by atoms with Crippen LogP contribution in [0.3, 0.4) is 0 Å². The van der Waals surface area contributed by atoms with Crippen molar-refractivity contribution in [3.8, 4) is 17.2 Å². The molecule has 0 amide bonds. The molecule has 3 rings (SSSR count). The van der Waals surface area contributed by atoms with Crippen molar-refractivity contribution in [2.75, 3.05) is 32.6 Å². The van der Waals surface area contributed by atoms with Crippen molar-refractivity contribution in [3.05, 3.63) is 83.9 Å². The van der Waals surface area contributed by atoms with E-state index >= 15 is 0 Å². The molecule has 0 aliphatic carbocycles. The Bertz CT molecular complexity index is 954. The van der Waals surface area contributed by atoms with E-state index in [9.17, 15) is 13.2 Å². The van der Waals surface area contributed by atoms with Crippen molar-refractivity contribution in [2.45, 2.75) is 19.1 Å². The number of halogens is 3. The van der Waals surface area contributed by atoms with Crippen LogP contribution in [0, 0.1) is 0 Å². The Kier molecular flexibility index (Phi) is 8.00. The van der Waals surface area contributed by atoms with E-state index in [1.807, 2.05) is 50.5 Å². The van der Waals surface area contributed by atoms with Gasteiger partial charge in [0, 0.05) is 18.8 Å². The van der Waals surface area contributed by atoms with Gasteiger partial charge in [0.1, 0.15) is 17.2 Å². The van der Waals surface area contributed by atoms with E-state index in [1.54, 1.807) is 12.1 Å². The zero-order valence-electron chi connectivity index (χ0n) is 18.2. The highest BCUT2D eigenvalue weighted by molar-refractivity contribution is 5.48. The fraction of sp³-hybridized carbons (Fsp3) is 0.280. The van der Waals surface area contributed by atoms with Gasteiger partial charge in [-0.15, -0.1) is 0 Å². The lowest BCUT2D eigenvalue weighted by atomic mass is 10.2. The summed E-state index contributed by atoms with van der Waals surface area (Å²) in [5.74, 6) is 1.76. The van der Waals surface area contributed by atoms with Gasteiger partial charge in [0.2, 0.25) is 0 Å². The highest BCUT2D eigenvalue weighted by Gasteiger charge is 2.30. The predicted octanol–water partition coefficient (Wildman–Crippen LogP) is 6.44. The van der Waals surface area contributed by atoms with Crippen molar-refractivity contribution >= 4 is 5.69 Å². The second kappa shape index (κ2) is 10.9. The van der Waals surface area contributed by atoms with Crippen LogP contribution in [0.2, 0.25) is 0 Å². The number of nitrogens with zero attached hydrogens (tertiary/aromatic N) is 1. The van der Waals surface area contributed by atoms with E-state index < -0.39 is 11.7 Å². The van der Waals surface area contributed by atoms with Crippen LogP contribution in [-0.4, -0.2) is 32.1 Å². The van der Waals surface area contributed by atoms with Crippen LogP contribution in [0.4, 0.5) is 18.9 Å². The Hall–Kier alpha value is -3.19. The van der Waals surface area contributed by atoms with Gasteiger partial charge in [0.05, 0.1) is 12.2 Å². The molecule has 0 radical (unpaired) electrons. The lowest BCUT2D eigenvalue weighted by Gasteiger charge is -2.11. The summed E-state index contributed by atoms with van der Waals surface area (Å²) in [4.78, 5) is 2.13. The number of hydrogen-bond acceptors (Lipinski definition) is 4. The molecule has 0 heterocycles. The Morgan fingerprint density at radius 2 is 1.34 bits per heavy atom. The van der Waals surface area contributed by atoms with Gasteiger partial charge in [-0.1, -0.05) is 12.1 Å². The molecule has 170 valence electrons. The van der Waals surface area contributed by atoms with Crippen LogP contribution in [0.5, 0.6) is 17.2 Å². The number of ether oxygens (including phenoxy) is 2. The van der Waals surface area contributed by atoms with Crippen molar-refractivity contribution in [2.24, 2.45) is 0 Å². The van der Waals surface area contributed by atoms with Gasteiger partial charge >= 0.3 is 6.18 Å². The number of rotatable bonds is 10. The van der Waals surface area contributed by atoms with Crippen LogP contribution < -0.4 is 14.8 Å². The zero-order chi connectivity index (χ0) is 23.0. The summed E-state index contributed by atoms with van der Waals surface area (Å²) in [6.07, 6.45) is -3.37. The third kappa shape index (κ3) is 7.50. The van der Waals surface area contributed by atoms with Crippen molar-refractivity contribution < 1.29 is 22.6 Å². The van der Waals surface area contributed by atoms with Crippen LogP contribution in [0.1, 0.15) is 17.5 Å². The first kappa shape index (κ1) is 23.5. The lowest BCUT2D eigenvalue weighted by Crippen LogP contribution is -2.15. The highest BCUT2D eigenvalue weighted by atomic mass is 19.4. The average molecular weight is 444 g/mol. The SMILES string of the molecule is CN(C)CCCOc1ccc(CNc2ccc(Oc3ccc(C(F)(F)F)cc3)cc2)cc1. The molecule has 3 aromatic rings. The predicted molar refractivity (Wildman–Crippen MR) is 120 cm³/mol. The topological polar surface area (TPSA) is 33.7 Å². The number of anilines is 1. The molecule has 3 aromatic carbocycles. The van der Waals surface area contributed by atoms with Crippen molar-refractivity contribution in [1.29, 1.82) is 0 Å². The molecule has 0 aliphatic rings. The molecular weight excluding hydrogens is 417 g/mol. The number of alkyl halides is 3. The Labute approximate surface area is 186 Å². The number of benzene rings is 3. The molecular formula is C25H27F3N2O2. The Balaban J connectivity index is 1.45. The quantitative estimate of drug-likeness (QED) is 0.365. The van der Waals surface area contributed by atoms with Gasteiger partial charge < -0.3 is 19.7 Å². The fourth-order valence-electron chi connectivity index (χ4n) is 2.97. The molecule has 7 heteroatoms. The molecule has 0 fully saturated rings. The first-order chi connectivity index (χ1) is 15.3. The smallest absolute Gasteiger partial charge is 0.416 e. The van der Waals surface area contributed by atoms with E-state index in [4.69, 9.17) is 9.47 Å². The third-order valence-corrected chi connectivity index (χ3v) is 4.71. The summed E-state index contributed by atoms with van der Waals surface area (Å²) < 4.78 is 49.3. The van der Waals surface area contributed by atoms with Crippen molar-refractivity contribution in [1.82, 2.24) is 4.90 Å². The van der Waals surface area contributed by atoms with Gasteiger partial charge in [-0.2, -0.15) is 13.2 Å². The first-order valence-corrected chi connectivity index (χ1v) is 10.3. The molecule has 0 unspecified atom stereocenters. The fourth-order valence-corrected chi connectivity index (χ4v) is 2.97. The molecule has 0 bridgehead atoms. The molecule has 0 aliphatic heterocycles. The molecule has 0 aromatic heterocycles. The van der Waals surface area contributed by atoms with Crippen LogP contribution in [0.25, 0.3) is 0 Å². The highest BCUT2D eigenvalue weighted by Crippen LogP contribution is 2.31. The largest absolute Gasteiger partial charge is 0.494 e. The molecule has 0 atom stereocenters. The maximum absolute atomic E-state index is 12.6. The van der Waals surface area contributed by atoms with Gasteiger partial charge in [0.15, 0.2) is 0 Å².